The van der Waals surface area contributed by atoms with E-state index in [4.69, 9.17) is 9.47 Å². The van der Waals surface area contributed by atoms with Crippen molar-refractivity contribution in [3.05, 3.63) is 124 Å². The summed E-state index contributed by atoms with van der Waals surface area (Å²) in [6, 6.07) is 19.3. The van der Waals surface area contributed by atoms with Crippen molar-refractivity contribution in [1.29, 1.82) is 0 Å². The molecule has 14 nitrogen and oxygen atoms in total. The molecule has 0 radical (unpaired) electrons. The van der Waals surface area contributed by atoms with Crippen LogP contribution in [0.2, 0.25) is 0 Å². The molecule has 4 amide bonds. The first-order valence-electron chi connectivity index (χ1n) is 26.6. The van der Waals surface area contributed by atoms with Crippen LogP contribution in [0.5, 0.6) is 0 Å². The largest absolute Gasteiger partial charge is 0.381 e. The molecule has 75 heavy (non-hydrogen) atoms. The molecule has 4 aromatic carbocycles. The topological polar surface area (TPSA) is 153 Å². The number of ether oxygens (including phenoxy) is 2. The normalized spacial score (nSPS) is 24.1. The summed E-state index contributed by atoms with van der Waals surface area (Å²) < 4.78 is 55.6. The smallest absolute Gasteiger partial charge is 0.252 e. The minimum Gasteiger partial charge on any atom is -0.381 e. The number of amides is 4. The number of rotatable bonds is 16. The Balaban J connectivity index is 1.02. The predicted octanol–water partition coefficient (Wildman–Crippen LogP) is 7.39. The Kier molecular flexibility index (Phi) is 16.6. The Morgan fingerprint density at radius 3 is 2.32 bits per heavy atom. The molecule has 0 unspecified atom stereocenters. The van der Waals surface area contributed by atoms with E-state index < -0.39 is 52.4 Å². The summed E-state index contributed by atoms with van der Waals surface area (Å²) in [5.41, 5.74) is 2.27. The molecule has 17 heteroatoms. The fraction of sp³-hybridized carbons (Fsp3) is 0.500. The van der Waals surface area contributed by atoms with Gasteiger partial charge >= 0.3 is 0 Å². The SMILES string of the molecule is CC[C@@H](C)C(=O)C[C@H](C(=O)N1Cc2ccc(NC(=O)[C@]3(C)CN(C(=O)CN4C[C@@H](C)NC[C@@H]4CN4CCOC[C@H]4C)c4cc(Cc5ccc(F)cc5)ccc43)cc2[C@H]1C(=O)Nc1c(F)cccc1F)C1CCOCC1. The van der Waals surface area contributed by atoms with E-state index in [1.807, 2.05) is 32.0 Å². The van der Waals surface area contributed by atoms with Crippen molar-refractivity contribution in [3.63, 3.8) is 0 Å². The molecule has 0 aliphatic carbocycles. The number of Topliss-reactive ketones (excluding diaryl/α,β-unsaturated/α-hetero) is 1. The number of hydrogen-bond donors (Lipinski definition) is 3. The van der Waals surface area contributed by atoms with Crippen LogP contribution in [0.3, 0.4) is 0 Å². The molecule has 9 rings (SSSR count). The first-order valence-corrected chi connectivity index (χ1v) is 26.6. The zero-order valence-corrected chi connectivity index (χ0v) is 43.6. The Hall–Kier alpha value is -5.98. The zero-order valence-electron chi connectivity index (χ0n) is 43.6. The van der Waals surface area contributed by atoms with Gasteiger partial charge < -0.3 is 35.2 Å². The van der Waals surface area contributed by atoms with Crippen LogP contribution in [0.25, 0.3) is 0 Å². The van der Waals surface area contributed by atoms with Gasteiger partial charge in [-0.15, -0.1) is 0 Å². The van der Waals surface area contributed by atoms with Crippen LogP contribution >= 0.6 is 0 Å². The van der Waals surface area contributed by atoms with Gasteiger partial charge in [-0.1, -0.05) is 50.2 Å². The number of halogens is 3. The van der Waals surface area contributed by atoms with Crippen LogP contribution in [-0.4, -0.2) is 128 Å². The molecule has 0 saturated carbocycles. The number of fused-ring (bicyclic) bond motifs is 2. The first kappa shape index (κ1) is 53.8. The molecular weight excluding hydrogens is 964 g/mol. The number of anilines is 3. The number of ketones is 1. The molecule has 3 fully saturated rings. The van der Waals surface area contributed by atoms with Crippen LogP contribution in [0, 0.1) is 35.2 Å². The predicted molar refractivity (Wildman–Crippen MR) is 279 cm³/mol. The highest BCUT2D eigenvalue weighted by Crippen LogP contribution is 2.44. The maximum absolute atomic E-state index is 15.2. The Bertz CT molecular complexity index is 2750. The molecule has 4 aromatic rings. The molecular formula is C58H70F3N7O7. The van der Waals surface area contributed by atoms with Gasteiger partial charge in [0.15, 0.2) is 0 Å². The van der Waals surface area contributed by atoms with E-state index in [9.17, 15) is 18.8 Å². The number of hydrogen-bond acceptors (Lipinski definition) is 10. The lowest BCUT2D eigenvalue weighted by Crippen LogP contribution is -2.62. The fourth-order valence-electron chi connectivity index (χ4n) is 11.6. The molecule has 0 spiro atoms. The molecule has 3 N–H and O–H groups in total. The highest BCUT2D eigenvalue weighted by Gasteiger charge is 2.49. The van der Waals surface area contributed by atoms with Crippen molar-refractivity contribution in [2.75, 3.05) is 81.2 Å². The molecule has 5 aliphatic heterocycles. The van der Waals surface area contributed by atoms with Crippen LogP contribution in [-0.2, 0) is 51.8 Å². The number of carbonyl (C=O) groups excluding carboxylic acids is 5. The van der Waals surface area contributed by atoms with E-state index in [0.29, 0.717) is 93.3 Å². The molecule has 3 saturated heterocycles. The minimum atomic E-state index is -1.39. The minimum absolute atomic E-state index is 0.0230. The van der Waals surface area contributed by atoms with Crippen molar-refractivity contribution >= 4 is 46.5 Å². The summed E-state index contributed by atoms with van der Waals surface area (Å²) in [6.45, 7) is 15.0. The van der Waals surface area contributed by atoms with Gasteiger partial charge in [-0.05, 0) is 123 Å². The van der Waals surface area contributed by atoms with Crippen molar-refractivity contribution in [3.8, 4) is 0 Å². The number of benzene rings is 4. The van der Waals surface area contributed by atoms with E-state index in [1.54, 1.807) is 42.2 Å². The lowest BCUT2D eigenvalue weighted by atomic mass is 9.80. The van der Waals surface area contributed by atoms with Crippen molar-refractivity contribution in [1.82, 2.24) is 20.0 Å². The second-order valence-electron chi connectivity index (χ2n) is 21.6. The van der Waals surface area contributed by atoms with Gasteiger partial charge in [0, 0.05) is 100 Å². The average Bonchev–Trinajstić information content (AvgIpc) is 3.95. The summed E-state index contributed by atoms with van der Waals surface area (Å²) in [5.74, 6) is -5.54. The van der Waals surface area contributed by atoms with E-state index in [1.165, 1.54) is 23.1 Å². The zero-order chi connectivity index (χ0) is 53.1. The lowest BCUT2D eigenvalue weighted by Gasteiger charge is -2.43. The van der Waals surface area contributed by atoms with Gasteiger partial charge in [0.25, 0.3) is 5.91 Å². The van der Waals surface area contributed by atoms with Gasteiger partial charge in [-0.3, -0.25) is 33.8 Å². The van der Waals surface area contributed by atoms with E-state index in [0.717, 1.165) is 36.3 Å². The maximum atomic E-state index is 15.2. The van der Waals surface area contributed by atoms with E-state index in [-0.39, 0.29) is 73.5 Å². The second kappa shape index (κ2) is 23.1. The Morgan fingerprint density at radius 2 is 1.60 bits per heavy atom. The highest BCUT2D eigenvalue weighted by molar-refractivity contribution is 6.07. The molecule has 5 aliphatic rings. The standard InChI is InChI=1S/C58H70F3N7O7/c1-6-35(2)51(69)27-46(40-18-21-74-22-19-40)56(72)67-30-41-13-16-43(26-45(41)54(67)55(71)64-53-48(60)8-7-9-49(53)61)63-57(73)58(5)34-68(50-25-39(12-17-47(50)58)24-38-10-14-42(59)15-11-38)52(70)32-66-29-36(3)62-28-44(66)31-65-20-23-75-33-37(65)4/h7-17,25-26,35-37,40,44,46,54,62H,6,18-24,27-34H2,1-5H3,(H,63,73)(H,64,71)/t35-,36-,37-,44-,46+,54+,58-/m1/s1. The Morgan fingerprint density at radius 1 is 0.867 bits per heavy atom. The van der Waals surface area contributed by atoms with Crippen LogP contribution in [0.4, 0.5) is 30.2 Å². The summed E-state index contributed by atoms with van der Waals surface area (Å²) >= 11 is 0. The summed E-state index contributed by atoms with van der Waals surface area (Å²) in [6.07, 6.45) is 2.12. The summed E-state index contributed by atoms with van der Waals surface area (Å²) in [7, 11) is 0. The van der Waals surface area contributed by atoms with Crippen LogP contribution < -0.4 is 20.9 Å². The van der Waals surface area contributed by atoms with Gasteiger partial charge in [-0.2, -0.15) is 0 Å². The number of morpholine rings is 1. The highest BCUT2D eigenvalue weighted by atomic mass is 19.1. The van der Waals surface area contributed by atoms with Gasteiger partial charge in [0.2, 0.25) is 17.7 Å². The summed E-state index contributed by atoms with van der Waals surface area (Å²) in [5, 5.41) is 9.11. The monoisotopic (exact) mass is 1030 g/mol. The molecule has 5 heterocycles. The molecule has 0 aromatic heterocycles. The molecule has 0 bridgehead atoms. The van der Waals surface area contributed by atoms with Gasteiger partial charge in [0.1, 0.15) is 35.0 Å². The average molecular weight is 1030 g/mol. The van der Waals surface area contributed by atoms with Gasteiger partial charge in [-0.25, -0.2) is 13.2 Å². The third-order valence-electron chi connectivity index (χ3n) is 16.4. The third-order valence-corrected chi connectivity index (χ3v) is 16.4. The second-order valence-corrected chi connectivity index (χ2v) is 21.6. The van der Waals surface area contributed by atoms with Crippen molar-refractivity contribution in [2.24, 2.45) is 17.8 Å². The summed E-state index contributed by atoms with van der Waals surface area (Å²) in [4.78, 5) is 80.9. The third kappa shape index (κ3) is 11.7. The van der Waals surface area contributed by atoms with Crippen molar-refractivity contribution in [2.45, 2.75) is 103 Å². The first-order chi connectivity index (χ1) is 36.0. The van der Waals surface area contributed by atoms with Crippen molar-refractivity contribution < 1.29 is 46.6 Å². The quantitative estimate of drug-likeness (QED) is 0.104. The van der Waals surface area contributed by atoms with Crippen LogP contribution in [0.15, 0.2) is 78.9 Å². The Labute approximate surface area is 437 Å². The molecule has 7 atom stereocenters. The number of carbonyl (C=O) groups is 5. The lowest BCUT2D eigenvalue weighted by molar-refractivity contribution is -0.147. The van der Waals surface area contributed by atoms with Crippen LogP contribution in [0.1, 0.15) is 94.2 Å². The number of nitrogens with zero attached hydrogens (tertiary/aromatic N) is 4. The van der Waals surface area contributed by atoms with E-state index >= 15 is 18.4 Å². The maximum Gasteiger partial charge on any atom is 0.252 e. The number of piperazine rings is 1. The molecule has 400 valence electrons. The van der Waals surface area contributed by atoms with Gasteiger partial charge in [0.05, 0.1) is 25.2 Å². The van der Waals surface area contributed by atoms with E-state index in [2.05, 4.69) is 39.6 Å². The fourth-order valence-corrected chi connectivity index (χ4v) is 11.6. The number of nitrogens with one attached hydrogen (secondary N) is 3. The number of para-hydroxylation sites is 1.